The number of rotatable bonds is 25. The van der Waals surface area contributed by atoms with Crippen molar-refractivity contribution >= 4 is 11.8 Å². The highest BCUT2D eigenvalue weighted by Crippen LogP contribution is 2.14. The van der Waals surface area contributed by atoms with Crippen LogP contribution in [0.4, 0.5) is 0 Å². The predicted molar refractivity (Wildman–Crippen MR) is 134 cm³/mol. The molecule has 0 aliphatic carbocycles. The SMILES string of the molecule is CCCCCC=CCCC(=O)CCCCCCCCCCCCCCCCCC(=O)O. The van der Waals surface area contributed by atoms with Crippen LogP contribution >= 0.6 is 0 Å². The Kier molecular flexibility index (Phi) is 24.2. The predicted octanol–water partition coefficient (Wildman–Crippen LogP) is 9.19. The normalized spacial score (nSPS) is 11.4. The van der Waals surface area contributed by atoms with Crippen molar-refractivity contribution in [2.45, 2.75) is 155 Å². The number of unbranched alkanes of at least 4 members (excludes halogenated alkanes) is 17. The van der Waals surface area contributed by atoms with Crippen LogP contribution < -0.4 is 0 Å². The summed E-state index contributed by atoms with van der Waals surface area (Å²) in [6, 6.07) is 0. The maximum absolute atomic E-state index is 11.9. The smallest absolute Gasteiger partial charge is 0.303 e. The standard InChI is InChI=1S/C28H52O3/c1-2-3-4-5-15-18-21-24-27(29)25-22-19-16-13-11-9-7-6-8-10-12-14-17-20-23-26-28(30)31/h15,18H,2-14,16-17,19-26H2,1H3,(H,30,31). The van der Waals surface area contributed by atoms with Crippen LogP contribution in [0.3, 0.4) is 0 Å². The molecule has 0 heterocycles. The second kappa shape index (κ2) is 25.1. The van der Waals surface area contributed by atoms with E-state index < -0.39 is 5.97 Å². The molecule has 182 valence electrons. The molecular formula is C28H52O3. The number of carboxylic acid groups (broad SMARTS) is 1. The molecule has 0 aliphatic heterocycles. The lowest BCUT2D eigenvalue weighted by Crippen LogP contribution is -1.96. The zero-order chi connectivity index (χ0) is 22.8. The molecule has 3 heteroatoms. The molecule has 0 unspecified atom stereocenters. The zero-order valence-electron chi connectivity index (χ0n) is 20.7. The molecule has 0 saturated carbocycles. The van der Waals surface area contributed by atoms with Gasteiger partial charge in [-0.15, -0.1) is 0 Å². The molecule has 0 aromatic rings. The van der Waals surface area contributed by atoms with Crippen molar-refractivity contribution in [2.75, 3.05) is 0 Å². The van der Waals surface area contributed by atoms with E-state index in [1.165, 1.54) is 103 Å². The fourth-order valence-corrected chi connectivity index (χ4v) is 4.01. The molecular weight excluding hydrogens is 384 g/mol. The average Bonchev–Trinajstić information content (AvgIpc) is 2.75. The van der Waals surface area contributed by atoms with Gasteiger partial charge < -0.3 is 5.11 Å². The first-order chi connectivity index (χ1) is 15.2. The number of allylic oxidation sites excluding steroid dienone is 2. The van der Waals surface area contributed by atoms with Gasteiger partial charge in [0, 0.05) is 19.3 Å². The molecule has 31 heavy (non-hydrogen) atoms. The van der Waals surface area contributed by atoms with Crippen LogP contribution in [-0.2, 0) is 9.59 Å². The number of ketones is 1. The number of hydrogen-bond donors (Lipinski definition) is 1. The lowest BCUT2D eigenvalue weighted by molar-refractivity contribution is -0.137. The Hall–Kier alpha value is -1.12. The van der Waals surface area contributed by atoms with E-state index in [4.69, 9.17) is 5.11 Å². The van der Waals surface area contributed by atoms with Crippen LogP contribution in [-0.4, -0.2) is 16.9 Å². The Morgan fingerprint density at radius 2 is 0.935 bits per heavy atom. The highest BCUT2D eigenvalue weighted by molar-refractivity contribution is 5.78. The first-order valence-corrected chi connectivity index (χ1v) is 13.5. The van der Waals surface area contributed by atoms with E-state index in [1.807, 2.05) is 0 Å². The van der Waals surface area contributed by atoms with Gasteiger partial charge in [-0.1, -0.05) is 115 Å². The van der Waals surface area contributed by atoms with Gasteiger partial charge in [-0.2, -0.15) is 0 Å². The van der Waals surface area contributed by atoms with Gasteiger partial charge >= 0.3 is 5.97 Å². The summed E-state index contributed by atoms with van der Waals surface area (Å²) in [6.45, 7) is 2.23. The van der Waals surface area contributed by atoms with Crippen LogP contribution in [0, 0.1) is 0 Å². The van der Waals surface area contributed by atoms with E-state index in [9.17, 15) is 9.59 Å². The van der Waals surface area contributed by atoms with Gasteiger partial charge in [-0.3, -0.25) is 9.59 Å². The molecule has 0 spiro atoms. The quantitative estimate of drug-likeness (QED) is 0.115. The van der Waals surface area contributed by atoms with Gasteiger partial charge in [0.05, 0.1) is 0 Å². The van der Waals surface area contributed by atoms with Gasteiger partial charge in [0.1, 0.15) is 5.78 Å². The van der Waals surface area contributed by atoms with E-state index in [-0.39, 0.29) is 0 Å². The summed E-state index contributed by atoms with van der Waals surface area (Å²) in [5.74, 6) is -0.222. The van der Waals surface area contributed by atoms with Crippen molar-refractivity contribution in [3.63, 3.8) is 0 Å². The van der Waals surface area contributed by atoms with Crippen LogP contribution in [0.5, 0.6) is 0 Å². The summed E-state index contributed by atoms with van der Waals surface area (Å²) >= 11 is 0. The number of carbonyl (C=O) groups excluding carboxylic acids is 1. The molecule has 0 rings (SSSR count). The first-order valence-electron chi connectivity index (χ1n) is 13.5. The molecule has 0 saturated heterocycles. The number of carboxylic acids is 1. The van der Waals surface area contributed by atoms with Crippen LogP contribution in [0.2, 0.25) is 0 Å². The Morgan fingerprint density at radius 3 is 1.39 bits per heavy atom. The number of aliphatic carboxylic acids is 1. The van der Waals surface area contributed by atoms with Crippen LogP contribution in [0.25, 0.3) is 0 Å². The van der Waals surface area contributed by atoms with Gasteiger partial charge in [-0.25, -0.2) is 0 Å². The van der Waals surface area contributed by atoms with Gasteiger partial charge in [0.25, 0.3) is 0 Å². The minimum Gasteiger partial charge on any atom is -0.481 e. The highest BCUT2D eigenvalue weighted by atomic mass is 16.4. The third-order valence-electron chi connectivity index (χ3n) is 6.08. The topological polar surface area (TPSA) is 54.4 Å². The van der Waals surface area contributed by atoms with Crippen molar-refractivity contribution in [1.82, 2.24) is 0 Å². The van der Waals surface area contributed by atoms with E-state index in [1.54, 1.807) is 0 Å². The summed E-state index contributed by atoms with van der Waals surface area (Å²) in [5, 5.41) is 8.59. The fourth-order valence-electron chi connectivity index (χ4n) is 4.01. The lowest BCUT2D eigenvalue weighted by Gasteiger charge is -2.03. The summed E-state index contributed by atoms with van der Waals surface area (Å²) in [4.78, 5) is 22.3. The summed E-state index contributed by atoms with van der Waals surface area (Å²) in [6.07, 6.45) is 30.9. The maximum atomic E-state index is 11.9. The van der Waals surface area contributed by atoms with Crippen molar-refractivity contribution < 1.29 is 14.7 Å². The first kappa shape index (κ1) is 29.9. The molecule has 0 aromatic carbocycles. The summed E-state index contributed by atoms with van der Waals surface area (Å²) < 4.78 is 0. The zero-order valence-corrected chi connectivity index (χ0v) is 20.7. The number of hydrogen-bond acceptors (Lipinski definition) is 2. The van der Waals surface area contributed by atoms with Crippen molar-refractivity contribution in [3.05, 3.63) is 12.2 Å². The summed E-state index contributed by atoms with van der Waals surface area (Å²) in [7, 11) is 0. The molecule has 1 N–H and O–H groups in total. The second-order valence-corrected chi connectivity index (χ2v) is 9.24. The molecule has 0 fully saturated rings. The number of Topliss-reactive ketones (excluding diaryl/α,β-unsaturated/α-hetero) is 1. The largest absolute Gasteiger partial charge is 0.481 e. The minimum atomic E-state index is -0.665. The highest BCUT2D eigenvalue weighted by Gasteiger charge is 2.01. The molecule has 0 aromatic heterocycles. The van der Waals surface area contributed by atoms with Crippen LogP contribution in [0.15, 0.2) is 12.2 Å². The van der Waals surface area contributed by atoms with E-state index in [2.05, 4.69) is 19.1 Å². The molecule has 0 bridgehead atoms. The van der Waals surface area contributed by atoms with Crippen molar-refractivity contribution in [1.29, 1.82) is 0 Å². The summed E-state index contributed by atoms with van der Waals surface area (Å²) in [5.41, 5.74) is 0. The van der Waals surface area contributed by atoms with E-state index in [0.717, 1.165) is 38.5 Å². The van der Waals surface area contributed by atoms with Crippen molar-refractivity contribution in [3.8, 4) is 0 Å². The van der Waals surface area contributed by atoms with Gasteiger partial charge in [0.2, 0.25) is 0 Å². The van der Waals surface area contributed by atoms with E-state index >= 15 is 0 Å². The average molecular weight is 437 g/mol. The third kappa shape index (κ3) is 26.8. The van der Waals surface area contributed by atoms with Crippen LogP contribution in [0.1, 0.15) is 155 Å². The van der Waals surface area contributed by atoms with Gasteiger partial charge in [0.15, 0.2) is 0 Å². The Labute approximate surface area is 193 Å². The van der Waals surface area contributed by atoms with Gasteiger partial charge in [-0.05, 0) is 32.1 Å². The van der Waals surface area contributed by atoms with E-state index in [0.29, 0.717) is 12.2 Å². The van der Waals surface area contributed by atoms with Crippen molar-refractivity contribution in [2.24, 2.45) is 0 Å². The molecule has 0 atom stereocenters. The Balaban J connectivity index is 3.17. The monoisotopic (exact) mass is 436 g/mol. The molecule has 0 radical (unpaired) electrons. The second-order valence-electron chi connectivity index (χ2n) is 9.24. The maximum Gasteiger partial charge on any atom is 0.303 e. The third-order valence-corrected chi connectivity index (χ3v) is 6.08. The number of carbonyl (C=O) groups is 2. The lowest BCUT2D eigenvalue weighted by atomic mass is 10.0. The molecule has 0 amide bonds. The minimum absolute atomic E-state index is 0.329. The Bertz CT molecular complexity index is 428. The molecule has 3 nitrogen and oxygen atoms in total. The Morgan fingerprint density at radius 1 is 0.516 bits per heavy atom. The fraction of sp³-hybridized carbons (Fsp3) is 0.857. The molecule has 0 aliphatic rings.